The minimum absolute atomic E-state index is 0.367. The number of hydrogen-bond donors (Lipinski definition) is 3. The van der Waals surface area contributed by atoms with Crippen LogP contribution in [0.4, 0.5) is 17.8 Å². The third-order valence-corrected chi connectivity index (χ3v) is 3.75. The standard InChI is InChI=1S/C13H26N8/c1-9(2)21-6-5-10(8-21)7-15-11-16-12(19-14)18-13(17-11)20(3)4/h9-10H,5-8,14H2,1-4H3,(H2,15,16,17,18,19). The first-order valence-electron chi connectivity index (χ1n) is 7.37. The van der Waals surface area contributed by atoms with Crippen molar-refractivity contribution in [2.24, 2.45) is 11.8 Å². The number of nitrogens with one attached hydrogen (secondary N) is 2. The fourth-order valence-corrected chi connectivity index (χ4v) is 2.44. The Kier molecular flexibility index (Phi) is 5.13. The molecule has 0 aliphatic carbocycles. The molecule has 1 atom stereocenters. The van der Waals surface area contributed by atoms with E-state index in [2.05, 4.69) is 44.4 Å². The Hall–Kier alpha value is -1.67. The molecule has 0 saturated carbocycles. The summed E-state index contributed by atoms with van der Waals surface area (Å²) in [7, 11) is 3.77. The normalized spacial score (nSPS) is 19.0. The van der Waals surface area contributed by atoms with Gasteiger partial charge in [0.1, 0.15) is 0 Å². The zero-order valence-corrected chi connectivity index (χ0v) is 13.3. The first-order valence-corrected chi connectivity index (χ1v) is 7.37. The van der Waals surface area contributed by atoms with E-state index in [1.165, 1.54) is 13.0 Å². The molecule has 2 rings (SSSR count). The van der Waals surface area contributed by atoms with Crippen LogP contribution >= 0.6 is 0 Å². The van der Waals surface area contributed by atoms with Gasteiger partial charge in [-0.05, 0) is 32.7 Å². The fourth-order valence-electron chi connectivity index (χ4n) is 2.44. The Morgan fingerprint density at radius 3 is 2.57 bits per heavy atom. The van der Waals surface area contributed by atoms with E-state index in [-0.39, 0.29) is 0 Å². The van der Waals surface area contributed by atoms with Gasteiger partial charge in [-0.3, -0.25) is 5.43 Å². The number of likely N-dealkylation sites (tertiary alicyclic amines) is 1. The predicted molar refractivity (Wildman–Crippen MR) is 85.3 cm³/mol. The summed E-state index contributed by atoms with van der Waals surface area (Å²) in [6.07, 6.45) is 1.21. The Bertz CT molecular complexity index is 461. The van der Waals surface area contributed by atoms with Gasteiger partial charge in [0.2, 0.25) is 17.8 Å². The van der Waals surface area contributed by atoms with Crippen LogP contribution in [0.1, 0.15) is 20.3 Å². The molecule has 4 N–H and O–H groups in total. The van der Waals surface area contributed by atoms with Crippen molar-refractivity contribution in [2.45, 2.75) is 26.3 Å². The van der Waals surface area contributed by atoms with Gasteiger partial charge in [0.25, 0.3) is 0 Å². The third-order valence-electron chi connectivity index (χ3n) is 3.75. The highest BCUT2D eigenvalue weighted by Crippen LogP contribution is 2.19. The second kappa shape index (κ2) is 6.86. The van der Waals surface area contributed by atoms with E-state index in [4.69, 9.17) is 5.84 Å². The van der Waals surface area contributed by atoms with Crippen LogP contribution in [0.2, 0.25) is 0 Å². The molecule has 0 bridgehead atoms. The van der Waals surface area contributed by atoms with E-state index in [9.17, 15) is 0 Å². The van der Waals surface area contributed by atoms with Gasteiger partial charge in [-0.15, -0.1) is 0 Å². The molecular weight excluding hydrogens is 268 g/mol. The minimum Gasteiger partial charge on any atom is -0.354 e. The number of hydrazine groups is 1. The van der Waals surface area contributed by atoms with Gasteiger partial charge >= 0.3 is 0 Å². The quantitative estimate of drug-likeness (QED) is 0.511. The number of rotatable bonds is 6. The van der Waals surface area contributed by atoms with Gasteiger partial charge in [0, 0.05) is 33.2 Å². The van der Waals surface area contributed by atoms with Crippen molar-refractivity contribution < 1.29 is 0 Å². The Morgan fingerprint density at radius 1 is 1.29 bits per heavy atom. The van der Waals surface area contributed by atoms with Crippen LogP contribution in [0.5, 0.6) is 0 Å². The highest BCUT2D eigenvalue weighted by molar-refractivity contribution is 5.42. The van der Waals surface area contributed by atoms with Gasteiger partial charge in [0.05, 0.1) is 0 Å². The SMILES string of the molecule is CC(C)N1CCC(CNc2nc(NN)nc(N(C)C)n2)C1. The number of anilines is 3. The molecule has 1 aromatic rings. The lowest BCUT2D eigenvalue weighted by atomic mass is 10.1. The average Bonchev–Trinajstić information content (AvgIpc) is 2.93. The summed E-state index contributed by atoms with van der Waals surface area (Å²) in [5.74, 6) is 7.53. The monoisotopic (exact) mass is 294 g/mol. The maximum atomic E-state index is 5.40. The molecule has 1 unspecified atom stereocenters. The zero-order chi connectivity index (χ0) is 15.4. The molecule has 1 aromatic heterocycles. The topological polar surface area (TPSA) is 95.2 Å². The van der Waals surface area contributed by atoms with Crippen LogP contribution in [0, 0.1) is 5.92 Å². The van der Waals surface area contributed by atoms with Crippen molar-refractivity contribution >= 4 is 17.8 Å². The van der Waals surface area contributed by atoms with Crippen molar-refractivity contribution in [3.63, 3.8) is 0 Å². The first-order chi connectivity index (χ1) is 9.99. The molecule has 2 heterocycles. The summed E-state index contributed by atoms with van der Waals surface area (Å²) < 4.78 is 0. The van der Waals surface area contributed by atoms with Gasteiger partial charge < -0.3 is 15.1 Å². The maximum absolute atomic E-state index is 5.40. The molecule has 118 valence electrons. The molecule has 0 aromatic carbocycles. The Morgan fingerprint density at radius 2 is 2.00 bits per heavy atom. The maximum Gasteiger partial charge on any atom is 0.243 e. The van der Waals surface area contributed by atoms with E-state index in [1.54, 1.807) is 0 Å². The van der Waals surface area contributed by atoms with Crippen LogP contribution in [0.15, 0.2) is 0 Å². The molecule has 0 amide bonds. The zero-order valence-electron chi connectivity index (χ0n) is 13.3. The highest BCUT2D eigenvalue weighted by atomic mass is 15.4. The summed E-state index contributed by atoms with van der Waals surface area (Å²) in [6.45, 7) is 7.64. The second-order valence-corrected chi connectivity index (χ2v) is 5.95. The van der Waals surface area contributed by atoms with E-state index >= 15 is 0 Å². The van der Waals surface area contributed by atoms with E-state index in [1.807, 2.05) is 19.0 Å². The summed E-state index contributed by atoms with van der Waals surface area (Å²) in [6, 6.07) is 0.612. The summed E-state index contributed by atoms with van der Waals surface area (Å²) in [5.41, 5.74) is 2.48. The van der Waals surface area contributed by atoms with E-state index < -0.39 is 0 Å². The summed E-state index contributed by atoms with van der Waals surface area (Å²) >= 11 is 0. The van der Waals surface area contributed by atoms with Crippen molar-refractivity contribution in [3.8, 4) is 0 Å². The molecule has 1 aliphatic rings. The number of hydrogen-bond acceptors (Lipinski definition) is 8. The average molecular weight is 294 g/mol. The fraction of sp³-hybridized carbons (Fsp3) is 0.769. The highest BCUT2D eigenvalue weighted by Gasteiger charge is 2.24. The molecule has 21 heavy (non-hydrogen) atoms. The number of nitrogens with two attached hydrogens (primary N) is 1. The van der Waals surface area contributed by atoms with Gasteiger partial charge in [-0.25, -0.2) is 5.84 Å². The third kappa shape index (κ3) is 4.15. The lowest BCUT2D eigenvalue weighted by Crippen LogP contribution is -2.29. The molecule has 0 radical (unpaired) electrons. The molecular formula is C13H26N8. The minimum atomic E-state index is 0.367. The molecule has 8 nitrogen and oxygen atoms in total. The van der Waals surface area contributed by atoms with Gasteiger partial charge in [0.15, 0.2) is 0 Å². The number of nitrogens with zero attached hydrogens (tertiary/aromatic N) is 5. The Balaban J connectivity index is 1.95. The number of aromatic nitrogens is 3. The summed E-state index contributed by atoms with van der Waals surface area (Å²) in [5, 5.41) is 3.30. The Labute approximate surface area is 126 Å². The second-order valence-electron chi connectivity index (χ2n) is 5.95. The van der Waals surface area contributed by atoms with Crippen molar-refractivity contribution in [1.29, 1.82) is 0 Å². The van der Waals surface area contributed by atoms with Crippen LogP contribution in [-0.4, -0.2) is 59.6 Å². The van der Waals surface area contributed by atoms with E-state index in [0.29, 0.717) is 29.8 Å². The van der Waals surface area contributed by atoms with Crippen LogP contribution in [0.25, 0.3) is 0 Å². The van der Waals surface area contributed by atoms with Crippen molar-refractivity contribution in [1.82, 2.24) is 19.9 Å². The lowest BCUT2D eigenvalue weighted by Gasteiger charge is -2.20. The van der Waals surface area contributed by atoms with Crippen LogP contribution in [-0.2, 0) is 0 Å². The molecule has 0 spiro atoms. The smallest absolute Gasteiger partial charge is 0.243 e. The van der Waals surface area contributed by atoms with Crippen molar-refractivity contribution in [3.05, 3.63) is 0 Å². The molecule has 1 saturated heterocycles. The number of nitrogen functional groups attached to an aromatic ring is 1. The van der Waals surface area contributed by atoms with Crippen LogP contribution in [0.3, 0.4) is 0 Å². The molecule has 8 heteroatoms. The van der Waals surface area contributed by atoms with E-state index in [0.717, 1.165) is 13.1 Å². The van der Waals surface area contributed by atoms with Crippen molar-refractivity contribution in [2.75, 3.05) is 49.4 Å². The predicted octanol–water partition coefficient (Wildman–Crippen LogP) is 0.365. The van der Waals surface area contributed by atoms with Gasteiger partial charge in [-0.1, -0.05) is 0 Å². The molecule has 1 fully saturated rings. The first kappa shape index (κ1) is 15.7. The summed E-state index contributed by atoms with van der Waals surface area (Å²) in [4.78, 5) is 17.1. The largest absolute Gasteiger partial charge is 0.354 e. The van der Waals surface area contributed by atoms with Gasteiger partial charge in [-0.2, -0.15) is 15.0 Å². The van der Waals surface area contributed by atoms with Crippen LogP contribution < -0.4 is 21.5 Å². The lowest BCUT2D eigenvalue weighted by molar-refractivity contribution is 0.266. The molecule has 1 aliphatic heterocycles.